The molecule has 3 heteroatoms. The van der Waals surface area contributed by atoms with Crippen molar-refractivity contribution in [1.29, 1.82) is 5.26 Å². The summed E-state index contributed by atoms with van der Waals surface area (Å²) >= 11 is 0. The molecule has 0 aliphatic heterocycles. The van der Waals surface area contributed by atoms with E-state index in [0.29, 0.717) is 12.3 Å². The molecule has 0 aromatic rings. The predicted molar refractivity (Wildman–Crippen MR) is 68.5 cm³/mol. The van der Waals surface area contributed by atoms with E-state index >= 15 is 0 Å². The highest BCUT2D eigenvalue weighted by atomic mass is 16.4. The molecule has 1 N–H and O–H groups in total. The van der Waals surface area contributed by atoms with Crippen molar-refractivity contribution in [2.75, 3.05) is 0 Å². The summed E-state index contributed by atoms with van der Waals surface area (Å²) in [7, 11) is 0. The maximum absolute atomic E-state index is 11.0. The molecule has 0 aromatic carbocycles. The van der Waals surface area contributed by atoms with Crippen molar-refractivity contribution in [3.05, 3.63) is 11.1 Å². The first kappa shape index (κ1) is 15.7. The smallest absolute Gasteiger partial charge is 0.346 e. The molecular formula is C14H23NO2. The van der Waals surface area contributed by atoms with Gasteiger partial charge in [0.1, 0.15) is 11.6 Å². The van der Waals surface area contributed by atoms with Crippen LogP contribution >= 0.6 is 0 Å². The van der Waals surface area contributed by atoms with Crippen LogP contribution in [0.5, 0.6) is 0 Å². The summed E-state index contributed by atoms with van der Waals surface area (Å²) in [5.41, 5.74) is 0.765. The lowest BCUT2D eigenvalue weighted by molar-refractivity contribution is -0.132. The molecule has 0 aliphatic carbocycles. The molecule has 0 fully saturated rings. The second-order valence-electron chi connectivity index (χ2n) is 4.80. The van der Waals surface area contributed by atoms with Crippen molar-refractivity contribution in [2.24, 2.45) is 5.92 Å². The van der Waals surface area contributed by atoms with Gasteiger partial charge in [0.25, 0.3) is 0 Å². The number of carboxylic acids is 1. The molecule has 0 saturated heterocycles. The molecule has 0 rings (SSSR count). The van der Waals surface area contributed by atoms with E-state index in [1.807, 2.05) is 19.9 Å². The molecule has 0 heterocycles. The number of carbonyl (C=O) groups is 1. The molecule has 0 amide bonds. The van der Waals surface area contributed by atoms with Gasteiger partial charge < -0.3 is 5.11 Å². The largest absolute Gasteiger partial charge is 0.477 e. The van der Waals surface area contributed by atoms with Crippen LogP contribution in [0.3, 0.4) is 0 Å². The lowest BCUT2D eigenvalue weighted by Gasteiger charge is -2.11. The van der Waals surface area contributed by atoms with E-state index in [0.717, 1.165) is 31.3 Å². The molecule has 0 aliphatic rings. The van der Waals surface area contributed by atoms with Crippen LogP contribution in [0.4, 0.5) is 0 Å². The molecule has 0 atom stereocenters. The number of hydrogen-bond donors (Lipinski definition) is 1. The Morgan fingerprint density at radius 2 is 1.94 bits per heavy atom. The van der Waals surface area contributed by atoms with Gasteiger partial charge in [-0.2, -0.15) is 5.26 Å². The van der Waals surface area contributed by atoms with Crippen molar-refractivity contribution in [3.63, 3.8) is 0 Å². The van der Waals surface area contributed by atoms with Crippen molar-refractivity contribution < 1.29 is 9.90 Å². The Hall–Kier alpha value is -1.30. The van der Waals surface area contributed by atoms with Crippen LogP contribution < -0.4 is 0 Å². The van der Waals surface area contributed by atoms with Gasteiger partial charge in [0.05, 0.1) is 0 Å². The zero-order chi connectivity index (χ0) is 13.3. The lowest BCUT2D eigenvalue weighted by Crippen LogP contribution is -2.05. The van der Waals surface area contributed by atoms with Gasteiger partial charge in [0, 0.05) is 0 Å². The van der Waals surface area contributed by atoms with Gasteiger partial charge in [-0.15, -0.1) is 0 Å². The Morgan fingerprint density at radius 3 is 2.35 bits per heavy atom. The molecule has 0 unspecified atom stereocenters. The Bertz CT molecular complexity index is 311. The van der Waals surface area contributed by atoms with E-state index in [-0.39, 0.29) is 5.57 Å². The maximum Gasteiger partial charge on any atom is 0.346 e. The summed E-state index contributed by atoms with van der Waals surface area (Å²) in [5, 5.41) is 17.9. The highest BCUT2D eigenvalue weighted by molar-refractivity contribution is 5.92. The third-order valence-electron chi connectivity index (χ3n) is 2.67. The van der Waals surface area contributed by atoms with E-state index in [2.05, 4.69) is 6.92 Å². The van der Waals surface area contributed by atoms with Crippen LogP contribution in [0.1, 0.15) is 59.3 Å². The Labute approximate surface area is 104 Å². The van der Waals surface area contributed by atoms with Crippen LogP contribution in [0, 0.1) is 17.2 Å². The molecule has 17 heavy (non-hydrogen) atoms. The minimum atomic E-state index is -1.08. The third-order valence-corrected chi connectivity index (χ3v) is 2.67. The van der Waals surface area contributed by atoms with Gasteiger partial charge in [-0.05, 0) is 30.8 Å². The first-order chi connectivity index (χ1) is 8.02. The Morgan fingerprint density at radius 1 is 1.29 bits per heavy atom. The fourth-order valence-corrected chi connectivity index (χ4v) is 1.87. The van der Waals surface area contributed by atoms with E-state index < -0.39 is 5.97 Å². The van der Waals surface area contributed by atoms with Gasteiger partial charge in [-0.25, -0.2) is 4.79 Å². The van der Waals surface area contributed by atoms with Crippen LogP contribution in [0.15, 0.2) is 11.1 Å². The van der Waals surface area contributed by atoms with Crippen molar-refractivity contribution in [1.82, 2.24) is 0 Å². The zero-order valence-electron chi connectivity index (χ0n) is 11.1. The normalized spacial score (nSPS) is 12.2. The molecule has 96 valence electrons. The fraction of sp³-hybridized carbons (Fsp3) is 0.714. The molecule has 0 aromatic heterocycles. The van der Waals surface area contributed by atoms with Crippen LogP contribution in [-0.2, 0) is 4.79 Å². The van der Waals surface area contributed by atoms with Crippen LogP contribution in [0.25, 0.3) is 0 Å². The predicted octanol–water partition coefficient (Wildman–Crippen LogP) is 3.91. The highest BCUT2D eigenvalue weighted by Gasteiger charge is 2.14. The lowest BCUT2D eigenvalue weighted by atomic mass is 9.93. The van der Waals surface area contributed by atoms with E-state index in [9.17, 15) is 4.79 Å². The van der Waals surface area contributed by atoms with E-state index in [4.69, 9.17) is 10.4 Å². The first-order valence-electron chi connectivity index (χ1n) is 6.38. The number of nitriles is 1. The minimum absolute atomic E-state index is 0.0461. The van der Waals surface area contributed by atoms with Crippen LogP contribution in [0.2, 0.25) is 0 Å². The second kappa shape index (κ2) is 8.81. The Kier molecular flexibility index (Phi) is 8.13. The number of aliphatic carboxylic acids is 1. The molecule has 3 nitrogen and oxygen atoms in total. The molecule has 0 radical (unpaired) electrons. The number of allylic oxidation sites excluding steroid dienone is 1. The average Bonchev–Trinajstić information content (AvgIpc) is 2.23. The van der Waals surface area contributed by atoms with Gasteiger partial charge in [-0.3, -0.25) is 0 Å². The standard InChI is InChI=1S/C14H23NO2/c1-4-5-6-7-8-12(9-11(2)3)13(10-15)14(16)17/h11H,4-9H2,1-3H3,(H,16,17). The van der Waals surface area contributed by atoms with E-state index in [1.165, 1.54) is 6.42 Å². The SMILES string of the molecule is CCCCCCC(CC(C)C)=C(C#N)C(=O)O. The summed E-state index contributed by atoms with van der Waals surface area (Å²) < 4.78 is 0. The fourth-order valence-electron chi connectivity index (χ4n) is 1.87. The number of rotatable bonds is 8. The van der Waals surface area contributed by atoms with Gasteiger partial charge >= 0.3 is 5.97 Å². The Balaban J connectivity index is 4.63. The summed E-state index contributed by atoms with van der Waals surface area (Å²) in [6.07, 6.45) is 5.87. The number of unbranched alkanes of at least 4 members (excludes halogenated alkanes) is 3. The molecule has 0 saturated carbocycles. The minimum Gasteiger partial charge on any atom is -0.477 e. The number of hydrogen-bond acceptors (Lipinski definition) is 2. The van der Waals surface area contributed by atoms with Crippen molar-refractivity contribution >= 4 is 5.97 Å². The highest BCUT2D eigenvalue weighted by Crippen LogP contribution is 2.21. The van der Waals surface area contributed by atoms with Gasteiger partial charge in [0.2, 0.25) is 0 Å². The number of carboxylic acid groups (broad SMARTS) is 1. The third kappa shape index (κ3) is 6.78. The van der Waals surface area contributed by atoms with E-state index in [1.54, 1.807) is 0 Å². The summed E-state index contributed by atoms with van der Waals surface area (Å²) in [4.78, 5) is 11.0. The summed E-state index contributed by atoms with van der Waals surface area (Å²) in [6.45, 7) is 6.23. The van der Waals surface area contributed by atoms with Crippen molar-refractivity contribution in [2.45, 2.75) is 59.3 Å². The molecule has 0 spiro atoms. The van der Waals surface area contributed by atoms with Gasteiger partial charge in [0.15, 0.2) is 0 Å². The second-order valence-corrected chi connectivity index (χ2v) is 4.80. The molecule has 0 bridgehead atoms. The quantitative estimate of drug-likeness (QED) is 0.395. The topological polar surface area (TPSA) is 61.1 Å². The summed E-state index contributed by atoms with van der Waals surface area (Å²) in [6, 6.07) is 1.83. The van der Waals surface area contributed by atoms with Crippen molar-refractivity contribution in [3.8, 4) is 6.07 Å². The van der Waals surface area contributed by atoms with Gasteiger partial charge in [-0.1, -0.05) is 40.0 Å². The first-order valence-corrected chi connectivity index (χ1v) is 6.38. The maximum atomic E-state index is 11.0. The zero-order valence-corrected chi connectivity index (χ0v) is 11.1. The average molecular weight is 237 g/mol. The van der Waals surface area contributed by atoms with Crippen LogP contribution in [-0.4, -0.2) is 11.1 Å². The number of nitrogens with zero attached hydrogens (tertiary/aromatic N) is 1. The summed E-state index contributed by atoms with van der Waals surface area (Å²) in [5.74, 6) is -0.697. The molecular weight excluding hydrogens is 214 g/mol. The monoisotopic (exact) mass is 237 g/mol.